The second-order valence-corrected chi connectivity index (χ2v) is 10.2. The SMILES string of the molecule is CC12CCC(CC1=NN=C1NC(=O)C(CC(=O)NCc3ccccc3)S1)C2(C)C. The summed E-state index contributed by atoms with van der Waals surface area (Å²) < 4.78 is 0. The summed E-state index contributed by atoms with van der Waals surface area (Å²) in [5.74, 6) is 0.345. The van der Waals surface area contributed by atoms with Gasteiger partial charge >= 0.3 is 0 Å². The molecule has 0 spiro atoms. The van der Waals surface area contributed by atoms with E-state index in [1.54, 1.807) is 0 Å². The van der Waals surface area contributed by atoms with Gasteiger partial charge in [-0.05, 0) is 36.2 Å². The summed E-state index contributed by atoms with van der Waals surface area (Å²) in [6, 6.07) is 9.72. The van der Waals surface area contributed by atoms with E-state index in [1.807, 2.05) is 30.3 Å². The minimum atomic E-state index is -0.461. The second-order valence-electron chi connectivity index (χ2n) is 9.01. The number of amides is 2. The van der Waals surface area contributed by atoms with Gasteiger partial charge < -0.3 is 10.6 Å². The fourth-order valence-corrected chi connectivity index (χ4v) is 5.73. The van der Waals surface area contributed by atoms with Gasteiger partial charge in [-0.25, -0.2) is 0 Å². The zero-order valence-corrected chi connectivity index (χ0v) is 18.0. The average molecular weight is 413 g/mol. The first-order chi connectivity index (χ1) is 13.8. The summed E-state index contributed by atoms with van der Waals surface area (Å²) in [7, 11) is 0. The standard InChI is InChI=1S/C22H28N4O2S/c1-21(2)15-9-10-22(21,3)17(11-15)25-26-20-24-19(28)16(29-20)12-18(27)23-13-14-7-5-4-6-8-14/h4-8,15-16H,9-13H2,1-3H3,(H,23,27)(H,24,26,28). The van der Waals surface area contributed by atoms with E-state index in [2.05, 4.69) is 41.6 Å². The summed E-state index contributed by atoms with van der Waals surface area (Å²) in [6.07, 6.45) is 3.53. The van der Waals surface area contributed by atoms with Crippen LogP contribution in [0.4, 0.5) is 0 Å². The third-order valence-electron chi connectivity index (χ3n) is 7.25. The molecule has 0 radical (unpaired) electrons. The molecule has 0 aromatic heterocycles. The van der Waals surface area contributed by atoms with Crippen LogP contribution < -0.4 is 10.6 Å². The van der Waals surface area contributed by atoms with Crippen LogP contribution >= 0.6 is 11.8 Å². The van der Waals surface area contributed by atoms with E-state index >= 15 is 0 Å². The Kier molecular flexibility index (Phi) is 5.27. The monoisotopic (exact) mass is 412 g/mol. The highest BCUT2D eigenvalue weighted by Crippen LogP contribution is 2.64. The molecule has 7 heteroatoms. The minimum absolute atomic E-state index is 0.0890. The lowest BCUT2D eigenvalue weighted by Gasteiger charge is -2.34. The number of thioether (sulfide) groups is 1. The Balaban J connectivity index is 1.34. The van der Waals surface area contributed by atoms with Crippen molar-refractivity contribution >= 4 is 34.5 Å². The van der Waals surface area contributed by atoms with Crippen molar-refractivity contribution in [2.45, 2.75) is 58.2 Å². The van der Waals surface area contributed by atoms with Gasteiger partial charge in [0, 0.05) is 24.1 Å². The van der Waals surface area contributed by atoms with Gasteiger partial charge in [-0.3, -0.25) is 9.59 Å². The molecule has 154 valence electrons. The van der Waals surface area contributed by atoms with E-state index in [0.29, 0.717) is 17.6 Å². The van der Waals surface area contributed by atoms with Gasteiger partial charge in [0.15, 0.2) is 5.17 Å². The van der Waals surface area contributed by atoms with Gasteiger partial charge in [-0.2, -0.15) is 5.10 Å². The summed E-state index contributed by atoms with van der Waals surface area (Å²) in [5.41, 5.74) is 2.51. The van der Waals surface area contributed by atoms with E-state index in [1.165, 1.54) is 18.2 Å². The largest absolute Gasteiger partial charge is 0.352 e. The maximum Gasteiger partial charge on any atom is 0.240 e. The van der Waals surface area contributed by atoms with Crippen molar-refractivity contribution in [2.24, 2.45) is 27.0 Å². The van der Waals surface area contributed by atoms with Gasteiger partial charge in [0.25, 0.3) is 0 Å². The Morgan fingerprint density at radius 2 is 2.00 bits per heavy atom. The fraction of sp³-hybridized carbons (Fsp3) is 0.545. The number of amidine groups is 1. The first-order valence-electron chi connectivity index (χ1n) is 10.2. The normalized spacial score (nSPS) is 32.7. The van der Waals surface area contributed by atoms with E-state index < -0.39 is 5.25 Å². The molecule has 3 unspecified atom stereocenters. The topological polar surface area (TPSA) is 82.9 Å². The van der Waals surface area contributed by atoms with Gasteiger partial charge in [0.05, 0.1) is 0 Å². The average Bonchev–Trinajstić information content (AvgIpc) is 3.22. The molecule has 1 heterocycles. The Labute approximate surface area is 176 Å². The molecule has 1 saturated heterocycles. The predicted molar refractivity (Wildman–Crippen MR) is 117 cm³/mol. The van der Waals surface area contributed by atoms with Gasteiger partial charge in [0.2, 0.25) is 11.8 Å². The highest BCUT2D eigenvalue weighted by molar-refractivity contribution is 8.15. The van der Waals surface area contributed by atoms with E-state index in [9.17, 15) is 9.59 Å². The van der Waals surface area contributed by atoms with Crippen LogP contribution in [0.15, 0.2) is 40.5 Å². The van der Waals surface area contributed by atoms with Crippen molar-refractivity contribution in [3.8, 4) is 0 Å². The van der Waals surface area contributed by atoms with Crippen molar-refractivity contribution in [3.05, 3.63) is 35.9 Å². The third-order valence-corrected chi connectivity index (χ3v) is 8.33. The van der Waals surface area contributed by atoms with Gasteiger partial charge in [-0.15, -0.1) is 5.10 Å². The summed E-state index contributed by atoms with van der Waals surface area (Å²) in [4.78, 5) is 24.5. The molecular weight excluding hydrogens is 384 g/mol. The van der Waals surface area contributed by atoms with Crippen molar-refractivity contribution in [1.29, 1.82) is 0 Å². The molecule has 2 saturated carbocycles. The van der Waals surface area contributed by atoms with Crippen molar-refractivity contribution in [3.63, 3.8) is 0 Å². The van der Waals surface area contributed by atoms with Crippen LogP contribution in [0.2, 0.25) is 0 Å². The maximum absolute atomic E-state index is 12.2. The molecule has 1 aromatic carbocycles. The van der Waals surface area contributed by atoms with Crippen LogP contribution in [0.5, 0.6) is 0 Å². The Morgan fingerprint density at radius 3 is 2.66 bits per heavy atom. The second kappa shape index (κ2) is 7.59. The number of rotatable bonds is 5. The van der Waals surface area contributed by atoms with Crippen molar-refractivity contribution < 1.29 is 9.59 Å². The first kappa shape index (κ1) is 20.1. The number of hydrogen-bond donors (Lipinski definition) is 2. The maximum atomic E-state index is 12.2. The van der Waals surface area contributed by atoms with E-state index in [4.69, 9.17) is 0 Å². The number of nitrogens with zero attached hydrogens (tertiary/aromatic N) is 2. The Bertz CT molecular complexity index is 880. The number of carbonyl (C=O) groups is 2. The number of carbonyl (C=O) groups excluding carboxylic acids is 2. The van der Waals surface area contributed by atoms with Crippen LogP contribution in [-0.4, -0.2) is 27.9 Å². The quantitative estimate of drug-likeness (QED) is 0.726. The third kappa shape index (κ3) is 3.72. The van der Waals surface area contributed by atoms with E-state index in [0.717, 1.165) is 24.1 Å². The zero-order chi connectivity index (χ0) is 20.6. The molecule has 4 rings (SSSR count). The zero-order valence-electron chi connectivity index (χ0n) is 17.2. The molecule has 2 bridgehead atoms. The molecule has 2 aliphatic carbocycles. The van der Waals surface area contributed by atoms with Crippen LogP contribution in [-0.2, 0) is 16.1 Å². The molecular formula is C22H28N4O2S. The minimum Gasteiger partial charge on any atom is -0.352 e. The van der Waals surface area contributed by atoms with Crippen LogP contribution in [0, 0.1) is 16.7 Å². The highest BCUT2D eigenvalue weighted by Gasteiger charge is 2.60. The van der Waals surface area contributed by atoms with Crippen molar-refractivity contribution in [1.82, 2.24) is 10.6 Å². The molecule has 3 aliphatic rings. The summed E-state index contributed by atoms with van der Waals surface area (Å²) in [6.45, 7) is 7.41. The molecule has 2 N–H and O–H groups in total. The van der Waals surface area contributed by atoms with E-state index in [-0.39, 0.29) is 29.1 Å². The molecule has 3 atom stereocenters. The number of fused-ring (bicyclic) bond motifs is 2. The molecule has 1 aliphatic heterocycles. The fourth-order valence-electron chi connectivity index (χ4n) is 4.81. The van der Waals surface area contributed by atoms with Gasteiger partial charge in [0.1, 0.15) is 5.25 Å². The molecule has 2 amide bonds. The Morgan fingerprint density at radius 1 is 1.24 bits per heavy atom. The lowest BCUT2D eigenvalue weighted by molar-refractivity contribution is -0.125. The number of hydrogen-bond acceptors (Lipinski definition) is 5. The lowest BCUT2D eigenvalue weighted by Crippen LogP contribution is -2.32. The lowest BCUT2D eigenvalue weighted by atomic mass is 9.70. The smallest absolute Gasteiger partial charge is 0.240 e. The summed E-state index contributed by atoms with van der Waals surface area (Å²) >= 11 is 1.29. The van der Waals surface area contributed by atoms with Crippen LogP contribution in [0.1, 0.15) is 52.0 Å². The Hall–Kier alpha value is -2.15. The molecule has 6 nitrogen and oxygen atoms in total. The van der Waals surface area contributed by atoms with Crippen molar-refractivity contribution in [2.75, 3.05) is 0 Å². The molecule has 3 fully saturated rings. The summed E-state index contributed by atoms with van der Waals surface area (Å²) in [5, 5.41) is 14.6. The first-order valence-corrected chi connectivity index (χ1v) is 11.1. The predicted octanol–water partition coefficient (Wildman–Crippen LogP) is 3.48. The number of benzene rings is 1. The van der Waals surface area contributed by atoms with Gasteiger partial charge in [-0.1, -0.05) is 62.9 Å². The molecule has 1 aromatic rings. The molecule has 29 heavy (non-hydrogen) atoms. The van der Waals surface area contributed by atoms with Crippen LogP contribution in [0.3, 0.4) is 0 Å². The van der Waals surface area contributed by atoms with Crippen LogP contribution in [0.25, 0.3) is 0 Å². The highest BCUT2D eigenvalue weighted by atomic mass is 32.2. The number of nitrogens with one attached hydrogen (secondary N) is 2.